The average Bonchev–Trinajstić information content (AvgIpc) is 3.09. The number of carbonyl (C=O) groups excluding carboxylic acids is 6. The first kappa shape index (κ1) is 48.3. The lowest BCUT2D eigenvalue weighted by atomic mass is 9.94. The molecule has 5 atom stereocenters. The van der Waals surface area contributed by atoms with Gasteiger partial charge in [0.25, 0.3) is 0 Å². The third-order valence-corrected chi connectivity index (χ3v) is 8.66. The number of carboxylic acid groups (broad SMARTS) is 4. The van der Waals surface area contributed by atoms with Gasteiger partial charge in [-0.2, -0.15) is 0 Å². The van der Waals surface area contributed by atoms with Gasteiger partial charge in [0.1, 0.15) is 30.3 Å². The van der Waals surface area contributed by atoms with Crippen molar-refractivity contribution >= 4 is 58.9 Å². The lowest BCUT2D eigenvalue weighted by Crippen LogP contribution is -2.42. The third kappa shape index (κ3) is 22.1. The fourth-order valence-corrected chi connectivity index (χ4v) is 5.45. The van der Waals surface area contributed by atoms with Crippen LogP contribution in [0.4, 0.5) is 0 Å². The molecular weight excluding hydrogens is 702 g/mol. The van der Waals surface area contributed by atoms with Crippen LogP contribution in [0.5, 0.6) is 0 Å². The van der Waals surface area contributed by atoms with Crippen LogP contribution in [0.25, 0.3) is 0 Å². The number of Topliss-reactive ketones (excluding diaryl/α,β-unsaturated/α-hetero) is 3. The second-order valence-corrected chi connectivity index (χ2v) is 13.0. The molecule has 18 heteroatoms. The zero-order chi connectivity index (χ0) is 40.5. The summed E-state index contributed by atoms with van der Waals surface area (Å²) in [7, 11) is 0. The Morgan fingerprint density at radius 1 is 0.509 bits per heavy atom. The van der Waals surface area contributed by atoms with Crippen LogP contribution < -0.4 is 16.0 Å². The van der Waals surface area contributed by atoms with Crippen molar-refractivity contribution in [3.8, 4) is 0 Å². The lowest BCUT2D eigenvalue weighted by Gasteiger charge is -2.17. The van der Waals surface area contributed by atoms with E-state index in [2.05, 4.69) is 16.0 Å². The number of nitrogens with one attached hydrogen (secondary N) is 3. The molecule has 0 aromatic carbocycles. The second kappa shape index (κ2) is 26.9. The number of ketones is 3. The summed E-state index contributed by atoms with van der Waals surface area (Å²) in [6, 6.07) is -2.99. The van der Waals surface area contributed by atoms with Crippen LogP contribution in [0.1, 0.15) is 117 Å². The second-order valence-electron chi connectivity index (χ2n) is 13.0. The van der Waals surface area contributed by atoms with Gasteiger partial charge < -0.3 is 41.5 Å². The molecule has 0 radical (unpaired) electrons. The quantitative estimate of drug-likeness (QED) is 0.0448. The molecule has 0 spiro atoms. The molecule has 0 rings (SSSR count). The molecule has 0 fully saturated rings. The Balaban J connectivity index is 4.82. The van der Waals surface area contributed by atoms with E-state index in [-0.39, 0.29) is 69.0 Å². The molecule has 0 aliphatic rings. The number of rotatable bonds is 32. The minimum Gasteiger partial charge on any atom is -0.481 e. The predicted octanol–water partition coefficient (Wildman–Crippen LogP) is 1.24. The van der Waals surface area contributed by atoms with E-state index in [1.165, 1.54) is 0 Å². The largest absolute Gasteiger partial charge is 0.481 e. The number of unbranched alkanes of at least 4 members (excludes halogenated alkanes) is 1. The summed E-state index contributed by atoms with van der Waals surface area (Å²) in [5.41, 5.74) is 0. The molecule has 0 heterocycles. The molecule has 0 saturated carbocycles. The number of carboxylic acids is 4. The van der Waals surface area contributed by atoms with Gasteiger partial charge in [-0.25, -0.2) is 9.59 Å². The van der Waals surface area contributed by atoms with Crippen molar-refractivity contribution < 1.29 is 73.5 Å². The van der Waals surface area contributed by atoms with Gasteiger partial charge in [-0.1, -0.05) is 20.3 Å². The number of amides is 3. The first-order chi connectivity index (χ1) is 24.9. The maximum atomic E-state index is 12.6. The zero-order valence-corrected chi connectivity index (χ0v) is 30.4. The van der Waals surface area contributed by atoms with Crippen molar-refractivity contribution in [2.45, 2.75) is 129 Å². The highest BCUT2D eigenvalue weighted by molar-refractivity contribution is 5.88. The van der Waals surface area contributed by atoms with Crippen LogP contribution in [-0.2, 0) is 47.9 Å². The molecule has 8 N–H and O–H groups in total. The highest BCUT2D eigenvalue weighted by atomic mass is 16.4. The number of aliphatic carboxylic acids is 4. The van der Waals surface area contributed by atoms with Gasteiger partial charge in [0.15, 0.2) is 5.78 Å². The molecule has 3 amide bonds. The third-order valence-electron chi connectivity index (χ3n) is 8.66. The van der Waals surface area contributed by atoms with Gasteiger partial charge in [-0.05, 0) is 51.4 Å². The molecule has 0 saturated heterocycles. The molecule has 0 aliphatic heterocycles. The number of hydrogen-bond donors (Lipinski definition) is 8. The summed E-state index contributed by atoms with van der Waals surface area (Å²) in [5.74, 6) is -11.6. The van der Waals surface area contributed by atoms with E-state index in [0.717, 1.165) is 0 Å². The number of carbonyl (C=O) groups is 10. The van der Waals surface area contributed by atoms with Crippen LogP contribution >= 0.6 is 0 Å². The molecular formula is C35H55N3O15. The summed E-state index contributed by atoms with van der Waals surface area (Å²) >= 11 is 0. The summed E-state index contributed by atoms with van der Waals surface area (Å²) in [6.07, 6.45) is -0.514. The smallest absolute Gasteiger partial charge is 0.326 e. The van der Waals surface area contributed by atoms with Crippen LogP contribution in [-0.4, -0.2) is 110 Å². The Hall–Kier alpha value is -4.74. The van der Waals surface area contributed by atoms with E-state index >= 15 is 0 Å². The van der Waals surface area contributed by atoms with Crippen LogP contribution in [0, 0.1) is 17.8 Å². The predicted molar refractivity (Wildman–Crippen MR) is 185 cm³/mol. The fraction of sp³-hybridized carbons (Fsp3) is 0.714. The first-order valence-electron chi connectivity index (χ1n) is 17.9. The van der Waals surface area contributed by atoms with Crippen molar-refractivity contribution in [3.63, 3.8) is 0 Å². The standard InChI is InChI=1S/C35H55N3O15/c1-3-7-24(40)18-22(32(46)47)9-14-30(44)37-26(34(50)51)12-11-25(41)19-23(33(48)49)10-15-31(45)38-27(35(52)53)13-16-29(43)36-17-6-5-8-21(4-2)28(42)20-39/h21-23,26-27,39H,3-20H2,1-2H3,(H,36,43)(H,37,44)(H,38,45)(H,46,47)(H,48,49)(H,50,51)(H,52,53)/t21-,22+,23+,26-,27-/m0/s1. The minimum atomic E-state index is -1.54. The molecule has 0 aromatic rings. The maximum absolute atomic E-state index is 12.6. The van der Waals surface area contributed by atoms with Gasteiger partial charge >= 0.3 is 23.9 Å². The van der Waals surface area contributed by atoms with E-state index in [9.17, 15) is 68.4 Å². The highest BCUT2D eigenvalue weighted by Gasteiger charge is 2.28. The normalized spacial score (nSPS) is 13.7. The Bertz CT molecular complexity index is 1290. The van der Waals surface area contributed by atoms with Crippen molar-refractivity contribution in [3.05, 3.63) is 0 Å². The van der Waals surface area contributed by atoms with E-state index in [0.29, 0.717) is 32.1 Å². The van der Waals surface area contributed by atoms with Crippen LogP contribution in [0.2, 0.25) is 0 Å². The van der Waals surface area contributed by atoms with Crippen LogP contribution in [0.3, 0.4) is 0 Å². The summed E-state index contributed by atoms with van der Waals surface area (Å²) in [6.45, 7) is 3.36. The zero-order valence-electron chi connectivity index (χ0n) is 30.4. The molecule has 300 valence electrons. The van der Waals surface area contributed by atoms with Crippen LogP contribution in [0.15, 0.2) is 0 Å². The van der Waals surface area contributed by atoms with Crippen molar-refractivity contribution in [1.82, 2.24) is 16.0 Å². The monoisotopic (exact) mass is 757 g/mol. The molecule has 0 aliphatic carbocycles. The first-order valence-corrected chi connectivity index (χ1v) is 17.9. The van der Waals surface area contributed by atoms with Crippen molar-refractivity contribution in [1.29, 1.82) is 0 Å². The maximum Gasteiger partial charge on any atom is 0.326 e. The minimum absolute atomic E-state index is 0.191. The van der Waals surface area contributed by atoms with E-state index in [1.807, 2.05) is 6.92 Å². The molecule has 0 unspecified atom stereocenters. The Kier molecular flexibility index (Phi) is 24.5. The van der Waals surface area contributed by atoms with Gasteiger partial charge in [0.2, 0.25) is 17.7 Å². The summed E-state index contributed by atoms with van der Waals surface area (Å²) < 4.78 is 0. The summed E-state index contributed by atoms with van der Waals surface area (Å²) in [5, 5.41) is 54.0. The van der Waals surface area contributed by atoms with E-state index in [4.69, 9.17) is 5.11 Å². The Morgan fingerprint density at radius 3 is 1.38 bits per heavy atom. The summed E-state index contributed by atoms with van der Waals surface area (Å²) in [4.78, 5) is 120. The Morgan fingerprint density at radius 2 is 0.962 bits per heavy atom. The lowest BCUT2D eigenvalue weighted by molar-refractivity contribution is -0.145. The van der Waals surface area contributed by atoms with Crippen molar-refractivity contribution in [2.75, 3.05) is 13.2 Å². The van der Waals surface area contributed by atoms with Gasteiger partial charge in [0, 0.05) is 57.4 Å². The average molecular weight is 758 g/mol. The molecule has 0 aromatic heterocycles. The van der Waals surface area contributed by atoms with Gasteiger partial charge in [0.05, 0.1) is 11.8 Å². The van der Waals surface area contributed by atoms with Gasteiger partial charge in [-0.15, -0.1) is 0 Å². The van der Waals surface area contributed by atoms with E-state index in [1.54, 1.807) is 6.92 Å². The van der Waals surface area contributed by atoms with E-state index < -0.39 is 104 Å². The SMILES string of the molecule is CCCC(=O)C[C@@H](CCC(=O)N[C@@H](CCC(=O)C[C@@H](CCC(=O)N[C@@H](CCC(=O)NCCCC[C@H](CC)C(=O)CO)C(=O)O)C(=O)O)C(=O)O)C(=O)O. The molecule has 0 bridgehead atoms. The van der Waals surface area contributed by atoms with Crippen molar-refractivity contribution in [2.24, 2.45) is 17.8 Å². The van der Waals surface area contributed by atoms with Gasteiger partial charge in [-0.3, -0.25) is 38.4 Å². The Labute approximate surface area is 307 Å². The molecule has 53 heavy (non-hydrogen) atoms. The topological polar surface area (TPSA) is 308 Å². The fourth-order valence-electron chi connectivity index (χ4n) is 5.45. The molecule has 18 nitrogen and oxygen atoms in total. The number of aliphatic hydroxyl groups is 1. The number of hydrogen-bond acceptors (Lipinski definition) is 11. The number of aliphatic hydroxyl groups excluding tert-OH is 1. The highest BCUT2D eigenvalue weighted by Crippen LogP contribution is 2.17.